The largest absolute Gasteiger partial charge is 0.367 e. The van der Waals surface area contributed by atoms with E-state index in [1.165, 1.54) is 12.1 Å². The predicted octanol–water partition coefficient (Wildman–Crippen LogP) is 5.10. The highest BCUT2D eigenvalue weighted by Gasteiger charge is 2.30. The highest BCUT2D eigenvalue weighted by molar-refractivity contribution is 9.11. The summed E-state index contributed by atoms with van der Waals surface area (Å²) in [6, 6.07) is 4.94. The molecule has 1 aliphatic heterocycles. The van der Waals surface area contributed by atoms with Crippen molar-refractivity contribution in [2.45, 2.75) is 33.6 Å². The van der Waals surface area contributed by atoms with Gasteiger partial charge in [0.25, 0.3) is 0 Å². The molecule has 2 rings (SSSR count). The van der Waals surface area contributed by atoms with Crippen molar-refractivity contribution in [3.8, 4) is 6.07 Å². The second kappa shape index (κ2) is 9.81. The topological polar surface area (TPSA) is 77.7 Å². The van der Waals surface area contributed by atoms with Crippen molar-refractivity contribution in [1.82, 2.24) is 5.06 Å². The Bertz CT molecular complexity index is 758. The Balaban J connectivity index is 1.91. The van der Waals surface area contributed by atoms with Crippen LogP contribution >= 0.6 is 31.9 Å². The maximum atomic E-state index is 13.3. The zero-order valence-electron chi connectivity index (χ0n) is 16.0. The number of nitriles is 1. The van der Waals surface area contributed by atoms with Gasteiger partial charge in [-0.2, -0.15) is 10.4 Å². The van der Waals surface area contributed by atoms with Gasteiger partial charge in [0.1, 0.15) is 5.82 Å². The Morgan fingerprint density at radius 1 is 1.39 bits per heavy atom. The van der Waals surface area contributed by atoms with Gasteiger partial charge in [0.05, 0.1) is 23.1 Å². The second-order valence-corrected chi connectivity index (χ2v) is 9.39. The summed E-state index contributed by atoms with van der Waals surface area (Å²) in [5.74, 6) is -0.877. The summed E-state index contributed by atoms with van der Waals surface area (Å²) in [4.78, 5) is 17.4. The van der Waals surface area contributed by atoms with Gasteiger partial charge in [-0.25, -0.2) is 9.18 Å². The molecular weight excluding hydrogens is 495 g/mol. The van der Waals surface area contributed by atoms with E-state index in [4.69, 9.17) is 4.84 Å². The molecule has 0 aromatic heterocycles. The minimum atomic E-state index is -0.548. The monoisotopic (exact) mass is 516 g/mol. The number of nitrogens with zero attached hydrogens (tertiary/aromatic N) is 3. The average Bonchev–Trinajstić information content (AvgIpc) is 2.60. The van der Waals surface area contributed by atoms with Crippen molar-refractivity contribution in [2.75, 3.05) is 18.5 Å². The number of hydroxylamine groups is 2. The Kier molecular flexibility index (Phi) is 7.98. The summed E-state index contributed by atoms with van der Waals surface area (Å²) in [6.45, 7) is 6.61. The summed E-state index contributed by atoms with van der Waals surface area (Å²) >= 11 is 6.56. The lowest BCUT2D eigenvalue weighted by Gasteiger charge is -2.32. The Morgan fingerprint density at radius 2 is 1.96 bits per heavy atom. The first kappa shape index (κ1) is 22.8. The molecule has 1 fully saturated rings. The van der Waals surface area contributed by atoms with E-state index >= 15 is 0 Å². The molecule has 28 heavy (non-hydrogen) atoms. The first-order valence-electron chi connectivity index (χ1n) is 8.92. The van der Waals surface area contributed by atoms with Crippen molar-refractivity contribution < 1.29 is 14.0 Å². The molecule has 1 aliphatic rings. The fourth-order valence-corrected chi connectivity index (χ4v) is 3.98. The zero-order valence-corrected chi connectivity index (χ0v) is 19.2. The third kappa shape index (κ3) is 6.26. The maximum absolute atomic E-state index is 13.3. The van der Waals surface area contributed by atoms with Gasteiger partial charge in [0.15, 0.2) is 0 Å². The van der Waals surface area contributed by atoms with Crippen molar-refractivity contribution in [3.05, 3.63) is 26.9 Å². The molecule has 1 N–H and O–H groups in total. The SMILES string of the molecule is CC(C)(C)C(=O)ON1CCC(C(C#N)C=NNc2c(Br)cc(F)cc2Br)CC1. The third-order valence-electron chi connectivity index (χ3n) is 4.40. The first-order valence-corrected chi connectivity index (χ1v) is 10.5. The summed E-state index contributed by atoms with van der Waals surface area (Å²) < 4.78 is 14.4. The van der Waals surface area contributed by atoms with Gasteiger partial charge >= 0.3 is 5.97 Å². The normalized spacial score (nSPS) is 17.3. The summed E-state index contributed by atoms with van der Waals surface area (Å²) in [5.41, 5.74) is 2.88. The number of piperidine rings is 1. The standard InChI is InChI=1S/C19H23Br2FN4O2/c1-19(2,3)18(27)28-26-6-4-12(5-7-26)13(10-23)11-24-25-17-15(20)8-14(22)9-16(17)21/h8-9,11-13,25H,4-7H2,1-3H3. The van der Waals surface area contributed by atoms with Gasteiger partial charge in [0, 0.05) is 28.2 Å². The minimum absolute atomic E-state index is 0.125. The van der Waals surface area contributed by atoms with E-state index in [9.17, 15) is 14.4 Å². The fraction of sp³-hybridized carbons (Fsp3) is 0.526. The van der Waals surface area contributed by atoms with Crippen LogP contribution in [0.25, 0.3) is 0 Å². The number of anilines is 1. The molecule has 9 heteroatoms. The van der Waals surface area contributed by atoms with E-state index in [1.807, 2.05) is 20.8 Å². The molecule has 1 unspecified atom stereocenters. The number of hydrogen-bond acceptors (Lipinski definition) is 6. The zero-order chi connectivity index (χ0) is 20.9. The first-order chi connectivity index (χ1) is 13.1. The van der Waals surface area contributed by atoms with E-state index in [-0.39, 0.29) is 23.6 Å². The number of carbonyl (C=O) groups is 1. The van der Waals surface area contributed by atoms with E-state index in [0.29, 0.717) is 27.7 Å². The van der Waals surface area contributed by atoms with E-state index < -0.39 is 5.41 Å². The van der Waals surface area contributed by atoms with Crippen LogP contribution in [0.5, 0.6) is 0 Å². The van der Waals surface area contributed by atoms with Crippen molar-refractivity contribution in [3.63, 3.8) is 0 Å². The predicted molar refractivity (Wildman–Crippen MR) is 113 cm³/mol. The van der Waals surface area contributed by atoms with Gasteiger partial charge < -0.3 is 4.84 Å². The van der Waals surface area contributed by atoms with Crippen LogP contribution in [0.4, 0.5) is 10.1 Å². The van der Waals surface area contributed by atoms with Crippen LogP contribution in [0.15, 0.2) is 26.2 Å². The molecule has 0 radical (unpaired) electrons. The number of nitrogens with one attached hydrogen (secondary N) is 1. The second-order valence-electron chi connectivity index (χ2n) is 7.68. The number of rotatable bonds is 5. The maximum Gasteiger partial charge on any atom is 0.330 e. The van der Waals surface area contributed by atoms with Crippen molar-refractivity contribution in [2.24, 2.45) is 22.4 Å². The molecule has 1 aromatic rings. The number of hydrogen-bond donors (Lipinski definition) is 1. The molecular formula is C19H23Br2FN4O2. The molecule has 0 aliphatic carbocycles. The number of benzene rings is 1. The third-order valence-corrected chi connectivity index (χ3v) is 5.65. The molecule has 1 aromatic carbocycles. The smallest absolute Gasteiger partial charge is 0.330 e. The highest BCUT2D eigenvalue weighted by atomic mass is 79.9. The molecule has 0 amide bonds. The molecule has 0 saturated carbocycles. The lowest BCUT2D eigenvalue weighted by atomic mass is 9.86. The Labute approximate surface area is 181 Å². The molecule has 0 bridgehead atoms. The van der Waals surface area contributed by atoms with Gasteiger partial charge in [-0.3, -0.25) is 5.43 Å². The lowest BCUT2D eigenvalue weighted by molar-refractivity contribution is -0.206. The lowest BCUT2D eigenvalue weighted by Crippen LogP contribution is -2.40. The Hall–Kier alpha value is -1.50. The summed E-state index contributed by atoms with van der Waals surface area (Å²) in [7, 11) is 0. The highest BCUT2D eigenvalue weighted by Crippen LogP contribution is 2.32. The van der Waals surface area contributed by atoms with Crippen LogP contribution in [0, 0.1) is 34.4 Å². The number of halogens is 3. The van der Waals surface area contributed by atoms with Crippen LogP contribution < -0.4 is 5.43 Å². The van der Waals surface area contributed by atoms with Crippen LogP contribution in [-0.4, -0.2) is 30.3 Å². The fourth-order valence-electron chi connectivity index (χ4n) is 2.67. The van der Waals surface area contributed by atoms with Crippen LogP contribution in [0.2, 0.25) is 0 Å². The molecule has 1 saturated heterocycles. The summed E-state index contributed by atoms with van der Waals surface area (Å²) in [5, 5.41) is 15.3. The number of carbonyl (C=O) groups excluding carboxylic acids is 1. The molecule has 1 heterocycles. The van der Waals surface area contributed by atoms with Crippen LogP contribution in [0.3, 0.4) is 0 Å². The molecule has 0 spiro atoms. The molecule has 1 atom stereocenters. The van der Waals surface area contributed by atoms with Crippen molar-refractivity contribution in [1.29, 1.82) is 5.26 Å². The quantitative estimate of drug-likeness (QED) is 0.434. The number of hydrazone groups is 1. The van der Waals surface area contributed by atoms with E-state index in [0.717, 1.165) is 12.8 Å². The summed E-state index contributed by atoms with van der Waals surface area (Å²) in [6.07, 6.45) is 3.03. The van der Waals surface area contributed by atoms with Gasteiger partial charge in [-0.05, 0) is 83.5 Å². The van der Waals surface area contributed by atoms with Crippen LogP contribution in [0.1, 0.15) is 33.6 Å². The molecule has 152 valence electrons. The Morgan fingerprint density at radius 3 is 2.46 bits per heavy atom. The van der Waals surface area contributed by atoms with Gasteiger partial charge in [0.2, 0.25) is 0 Å². The average molecular weight is 518 g/mol. The minimum Gasteiger partial charge on any atom is -0.367 e. The van der Waals surface area contributed by atoms with Gasteiger partial charge in [-0.1, -0.05) is 0 Å². The molecule has 6 nitrogen and oxygen atoms in total. The van der Waals surface area contributed by atoms with Gasteiger partial charge in [-0.15, -0.1) is 5.06 Å². The van der Waals surface area contributed by atoms with Crippen LogP contribution in [-0.2, 0) is 9.63 Å². The van der Waals surface area contributed by atoms with Crippen molar-refractivity contribution >= 4 is 49.7 Å². The van der Waals surface area contributed by atoms with E-state index in [2.05, 4.69) is 48.5 Å². The van der Waals surface area contributed by atoms with E-state index in [1.54, 1.807) is 11.3 Å².